The number of carbonyl (C=O) groups is 2. The van der Waals surface area contributed by atoms with Crippen molar-refractivity contribution in [2.24, 2.45) is 0 Å². The minimum absolute atomic E-state index is 0.00617. The lowest BCUT2D eigenvalue weighted by Gasteiger charge is -2.28. The highest BCUT2D eigenvalue weighted by molar-refractivity contribution is 7.91. The van der Waals surface area contributed by atoms with E-state index in [0.29, 0.717) is 34.9 Å². The fourth-order valence-corrected chi connectivity index (χ4v) is 4.71. The molecule has 2 heterocycles. The fourth-order valence-electron chi connectivity index (χ4n) is 3.59. The van der Waals surface area contributed by atoms with Gasteiger partial charge in [0.2, 0.25) is 11.9 Å². The fraction of sp³-hybridized carbons (Fsp3) is 0.217. The number of carbonyl (C=O) groups excluding carboxylic acids is 2. The quantitative estimate of drug-likeness (QED) is 0.553. The van der Waals surface area contributed by atoms with Crippen LogP contribution >= 0.6 is 11.6 Å². The maximum Gasteiger partial charge on any atom is 0.261 e. The van der Waals surface area contributed by atoms with Crippen LogP contribution in [-0.4, -0.2) is 42.5 Å². The number of amides is 2. The Morgan fingerprint density at radius 3 is 2.71 bits per heavy atom. The number of anilines is 2. The second-order valence-corrected chi connectivity index (χ2v) is 10.3. The minimum Gasteiger partial charge on any atom is -0.306 e. The Balaban J connectivity index is 1.47. The third-order valence-electron chi connectivity index (χ3n) is 5.42. The molecule has 34 heavy (non-hydrogen) atoms. The summed E-state index contributed by atoms with van der Waals surface area (Å²) in [6.07, 6.45) is 1.44. The smallest absolute Gasteiger partial charge is 0.261 e. The minimum atomic E-state index is -3.55. The number of sulfone groups is 1. The molecule has 0 saturated heterocycles. The van der Waals surface area contributed by atoms with Gasteiger partial charge in [-0.05, 0) is 29.8 Å². The molecule has 0 atom stereocenters. The molecule has 0 saturated carbocycles. The van der Waals surface area contributed by atoms with Crippen molar-refractivity contribution >= 4 is 44.9 Å². The van der Waals surface area contributed by atoms with Crippen molar-refractivity contribution in [3.05, 3.63) is 76.3 Å². The molecular formula is C23H20ClFN4O4S. The summed E-state index contributed by atoms with van der Waals surface area (Å²) in [5, 5.41) is 2.95. The van der Waals surface area contributed by atoms with E-state index in [-0.39, 0.29) is 34.5 Å². The van der Waals surface area contributed by atoms with Crippen molar-refractivity contribution in [2.75, 3.05) is 22.5 Å². The molecule has 11 heteroatoms. The largest absolute Gasteiger partial charge is 0.306 e. The molecule has 0 fully saturated rings. The topological polar surface area (TPSA) is 109 Å². The van der Waals surface area contributed by atoms with Gasteiger partial charge in [0.25, 0.3) is 5.91 Å². The highest BCUT2D eigenvalue weighted by Crippen LogP contribution is 2.29. The summed E-state index contributed by atoms with van der Waals surface area (Å²) in [4.78, 5) is 35.1. The second-order valence-electron chi connectivity index (χ2n) is 7.59. The van der Waals surface area contributed by atoms with Crippen molar-refractivity contribution in [3.63, 3.8) is 0 Å². The van der Waals surface area contributed by atoms with Crippen LogP contribution in [0.4, 0.5) is 16.0 Å². The van der Waals surface area contributed by atoms with Gasteiger partial charge in [-0.3, -0.25) is 14.9 Å². The van der Waals surface area contributed by atoms with Gasteiger partial charge in [0.15, 0.2) is 9.84 Å². The lowest BCUT2D eigenvalue weighted by atomic mass is 10.1. The zero-order valence-electron chi connectivity index (χ0n) is 18.1. The summed E-state index contributed by atoms with van der Waals surface area (Å²) in [5.41, 5.74) is 1.43. The molecule has 1 aliphatic rings. The van der Waals surface area contributed by atoms with Crippen LogP contribution in [0.5, 0.6) is 0 Å². The van der Waals surface area contributed by atoms with Crippen LogP contribution in [0, 0.1) is 5.82 Å². The van der Waals surface area contributed by atoms with Crippen molar-refractivity contribution < 1.29 is 22.4 Å². The van der Waals surface area contributed by atoms with Gasteiger partial charge in [0.1, 0.15) is 5.82 Å². The molecule has 176 valence electrons. The molecule has 4 rings (SSSR count). The molecule has 1 aromatic heterocycles. The van der Waals surface area contributed by atoms with Crippen molar-refractivity contribution in [3.8, 4) is 0 Å². The Labute approximate surface area is 200 Å². The number of halogens is 2. The summed E-state index contributed by atoms with van der Waals surface area (Å²) in [6.45, 7) is 1.83. The number of nitrogens with one attached hydrogen (secondary N) is 1. The van der Waals surface area contributed by atoms with Crippen LogP contribution in [0.15, 0.2) is 53.6 Å². The van der Waals surface area contributed by atoms with Gasteiger partial charge < -0.3 is 4.90 Å². The van der Waals surface area contributed by atoms with Gasteiger partial charge in [-0.25, -0.2) is 22.8 Å². The summed E-state index contributed by atoms with van der Waals surface area (Å²) in [7, 11) is -3.55. The van der Waals surface area contributed by atoms with Crippen LogP contribution in [0.1, 0.15) is 28.5 Å². The van der Waals surface area contributed by atoms with Gasteiger partial charge >= 0.3 is 0 Å². The molecule has 2 aromatic carbocycles. The van der Waals surface area contributed by atoms with Gasteiger partial charge in [-0.1, -0.05) is 36.7 Å². The van der Waals surface area contributed by atoms with E-state index in [2.05, 4.69) is 15.3 Å². The summed E-state index contributed by atoms with van der Waals surface area (Å²) >= 11 is 6.22. The van der Waals surface area contributed by atoms with E-state index < -0.39 is 21.6 Å². The molecule has 1 N–H and O–H groups in total. The maximum absolute atomic E-state index is 14.4. The number of rotatable bonds is 6. The highest BCUT2D eigenvalue weighted by Gasteiger charge is 2.28. The normalized spacial score (nSPS) is 13.5. The SMILES string of the molecule is CCS(=O)(=O)c1ccc(CC(=O)Nc2ncc3c(n2)CCN(c2ccccc2Cl)C3=O)c(F)c1. The number of aromatic nitrogens is 2. The third kappa shape index (κ3) is 4.78. The van der Waals surface area contributed by atoms with E-state index in [1.54, 1.807) is 29.2 Å². The molecule has 0 aliphatic carbocycles. The number of para-hydroxylation sites is 1. The average molecular weight is 503 g/mol. The van der Waals surface area contributed by atoms with Crippen LogP contribution in [-0.2, 0) is 27.5 Å². The molecule has 2 amide bonds. The van der Waals surface area contributed by atoms with Gasteiger partial charge in [-0.2, -0.15) is 0 Å². The van der Waals surface area contributed by atoms with Crippen molar-refractivity contribution in [1.82, 2.24) is 9.97 Å². The summed E-state index contributed by atoms with van der Waals surface area (Å²) in [6, 6.07) is 10.5. The van der Waals surface area contributed by atoms with Crippen LogP contribution < -0.4 is 10.2 Å². The Kier molecular flexibility index (Phi) is 6.63. The maximum atomic E-state index is 14.4. The first-order valence-electron chi connectivity index (χ1n) is 10.4. The first kappa shape index (κ1) is 23.8. The monoisotopic (exact) mass is 502 g/mol. The Hall–Kier alpha value is -3.37. The Morgan fingerprint density at radius 1 is 1.24 bits per heavy atom. The van der Waals surface area contributed by atoms with Crippen LogP contribution in [0.2, 0.25) is 5.02 Å². The highest BCUT2D eigenvalue weighted by atomic mass is 35.5. The number of hydrogen-bond donors (Lipinski definition) is 1. The van der Waals surface area contributed by atoms with Gasteiger partial charge in [0.05, 0.1) is 39.0 Å². The summed E-state index contributed by atoms with van der Waals surface area (Å²) in [5.74, 6) is -1.82. The van der Waals surface area contributed by atoms with Crippen molar-refractivity contribution in [2.45, 2.75) is 24.7 Å². The second kappa shape index (κ2) is 9.47. The predicted octanol–water partition coefficient (Wildman–Crippen LogP) is 3.45. The molecule has 3 aromatic rings. The standard InChI is InChI=1S/C23H20ClFN4O4S/c1-2-34(32,33)15-8-7-14(18(25)12-15)11-21(30)28-23-26-13-16-19(27-23)9-10-29(22(16)31)20-6-4-3-5-17(20)24/h3-8,12-13H,2,9-11H2,1H3,(H,26,27,28,30). The molecule has 8 nitrogen and oxygen atoms in total. The number of benzene rings is 2. The average Bonchev–Trinajstić information content (AvgIpc) is 2.81. The lowest BCUT2D eigenvalue weighted by molar-refractivity contribution is -0.115. The first-order chi connectivity index (χ1) is 16.2. The number of nitrogens with zero attached hydrogens (tertiary/aromatic N) is 3. The van der Waals surface area contributed by atoms with Crippen molar-refractivity contribution in [1.29, 1.82) is 0 Å². The van der Waals surface area contributed by atoms with E-state index in [9.17, 15) is 22.4 Å². The van der Waals surface area contributed by atoms with Crippen LogP contribution in [0.25, 0.3) is 0 Å². The summed E-state index contributed by atoms with van der Waals surface area (Å²) < 4.78 is 38.1. The van der Waals surface area contributed by atoms with E-state index in [1.165, 1.54) is 25.3 Å². The zero-order chi connectivity index (χ0) is 24.5. The zero-order valence-corrected chi connectivity index (χ0v) is 19.7. The van der Waals surface area contributed by atoms with E-state index in [4.69, 9.17) is 11.6 Å². The van der Waals surface area contributed by atoms with Gasteiger partial charge in [0, 0.05) is 19.2 Å². The Morgan fingerprint density at radius 2 is 2.00 bits per heavy atom. The van der Waals surface area contributed by atoms with Crippen LogP contribution in [0.3, 0.4) is 0 Å². The Bertz CT molecular complexity index is 1400. The molecule has 0 unspecified atom stereocenters. The third-order valence-corrected chi connectivity index (χ3v) is 7.48. The van der Waals surface area contributed by atoms with E-state index in [0.717, 1.165) is 6.07 Å². The van der Waals surface area contributed by atoms with E-state index in [1.807, 2.05) is 0 Å². The number of fused-ring (bicyclic) bond motifs is 1. The first-order valence-corrected chi connectivity index (χ1v) is 12.5. The lowest BCUT2D eigenvalue weighted by Crippen LogP contribution is -2.38. The van der Waals surface area contributed by atoms with E-state index >= 15 is 0 Å². The molecular weight excluding hydrogens is 483 g/mol. The molecule has 0 spiro atoms. The molecule has 0 bridgehead atoms. The van der Waals surface area contributed by atoms with Gasteiger partial charge in [-0.15, -0.1) is 0 Å². The molecule has 0 radical (unpaired) electrons. The predicted molar refractivity (Wildman–Crippen MR) is 125 cm³/mol. The molecule has 1 aliphatic heterocycles. The number of hydrogen-bond acceptors (Lipinski definition) is 6.